The van der Waals surface area contributed by atoms with Crippen molar-refractivity contribution in [2.45, 2.75) is 31.8 Å². The molecule has 2 aromatic rings. The molecule has 1 aliphatic carbocycles. The number of carbonyl (C=O) groups is 3. The minimum absolute atomic E-state index is 0.239. The Kier molecular flexibility index (Phi) is 5.68. The van der Waals surface area contributed by atoms with Crippen LogP contribution in [0.2, 0.25) is 5.02 Å². The molecule has 0 unspecified atom stereocenters. The van der Waals surface area contributed by atoms with Gasteiger partial charge >= 0.3 is 12.0 Å². The second-order valence-corrected chi connectivity index (χ2v) is 9.08. The molecule has 5 N–H and O–H groups in total. The maximum atomic E-state index is 12.4. The summed E-state index contributed by atoms with van der Waals surface area (Å²) in [7, 11) is 0. The second kappa shape index (κ2) is 8.25. The number of anilines is 2. The quantitative estimate of drug-likeness (QED) is 0.558. The summed E-state index contributed by atoms with van der Waals surface area (Å²) in [6.07, 6.45) is 1.93. The summed E-state index contributed by atoms with van der Waals surface area (Å²) in [5.74, 6) is -1.58. The number of amides is 3. The van der Waals surface area contributed by atoms with E-state index in [0.29, 0.717) is 47.1 Å². The van der Waals surface area contributed by atoms with E-state index in [-0.39, 0.29) is 12.0 Å². The molecule has 0 spiro atoms. The Morgan fingerprint density at radius 2 is 1.87 bits per heavy atom. The minimum Gasteiger partial charge on any atom is -0.481 e. The molecular weight excluding hydrogens is 428 g/mol. The van der Waals surface area contributed by atoms with Crippen molar-refractivity contribution >= 4 is 51.5 Å². The van der Waals surface area contributed by atoms with Gasteiger partial charge in [-0.05, 0) is 49.1 Å². The molecule has 0 saturated heterocycles. The van der Waals surface area contributed by atoms with Crippen molar-refractivity contribution in [2.24, 2.45) is 11.7 Å². The number of nitrogens with two attached hydrogens (primary N) is 1. The van der Waals surface area contributed by atoms with Gasteiger partial charge in [0.2, 0.25) is 0 Å². The summed E-state index contributed by atoms with van der Waals surface area (Å²) < 4.78 is 0. The van der Waals surface area contributed by atoms with Gasteiger partial charge in [-0.1, -0.05) is 11.6 Å². The predicted octanol–water partition coefficient (Wildman–Crippen LogP) is 3.37. The Morgan fingerprint density at radius 1 is 1.17 bits per heavy atom. The number of carboxylic acid groups (broad SMARTS) is 1. The second-order valence-electron chi connectivity index (χ2n) is 7.54. The van der Waals surface area contributed by atoms with Gasteiger partial charge in [0.1, 0.15) is 5.00 Å². The Bertz CT molecular complexity index is 1000. The molecule has 1 aromatic carbocycles. The fourth-order valence-corrected chi connectivity index (χ4v) is 5.37. The van der Waals surface area contributed by atoms with E-state index in [1.165, 1.54) is 11.3 Å². The third-order valence-electron chi connectivity index (χ3n) is 5.64. The Balaban J connectivity index is 1.47. The molecule has 2 heterocycles. The zero-order valence-electron chi connectivity index (χ0n) is 16.0. The zero-order chi connectivity index (χ0) is 21.4. The summed E-state index contributed by atoms with van der Waals surface area (Å²) in [5, 5.41) is 15.5. The largest absolute Gasteiger partial charge is 0.481 e. The summed E-state index contributed by atoms with van der Waals surface area (Å²) in [4.78, 5) is 38.8. The molecule has 1 saturated carbocycles. The number of thiophene rings is 1. The van der Waals surface area contributed by atoms with Crippen molar-refractivity contribution in [2.75, 3.05) is 17.2 Å². The van der Waals surface area contributed by atoms with Gasteiger partial charge in [-0.3, -0.25) is 19.8 Å². The first kappa shape index (κ1) is 20.6. The summed E-state index contributed by atoms with van der Waals surface area (Å²) in [6.45, 7) is 1.36. The molecule has 3 amide bonds. The van der Waals surface area contributed by atoms with Gasteiger partial charge in [0, 0.05) is 34.7 Å². The van der Waals surface area contributed by atoms with Gasteiger partial charge in [-0.2, -0.15) is 0 Å². The first-order valence-corrected chi connectivity index (χ1v) is 10.8. The summed E-state index contributed by atoms with van der Waals surface area (Å²) in [6, 6.07) is 6.45. The van der Waals surface area contributed by atoms with Gasteiger partial charge in [0.05, 0.1) is 11.5 Å². The molecule has 0 radical (unpaired) electrons. The van der Waals surface area contributed by atoms with Crippen molar-refractivity contribution in [1.82, 2.24) is 4.90 Å². The normalized spacial score (nSPS) is 20.7. The van der Waals surface area contributed by atoms with E-state index in [1.807, 2.05) is 0 Å². The van der Waals surface area contributed by atoms with E-state index in [1.54, 1.807) is 24.3 Å². The maximum Gasteiger partial charge on any atom is 0.324 e. The highest BCUT2D eigenvalue weighted by atomic mass is 35.5. The molecule has 1 aromatic heterocycles. The molecule has 30 heavy (non-hydrogen) atoms. The average Bonchev–Trinajstić information content (AvgIpc) is 2.99. The SMILES string of the molecule is NC(=O)c1c(NC(=O)Nc2ccc(Cl)cc2)sc2c1CCN(C1CC(C(=O)O)C1)C2. The van der Waals surface area contributed by atoms with Gasteiger partial charge in [-0.25, -0.2) is 4.79 Å². The number of carboxylic acids is 1. The number of hydrogen-bond acceptors (Lipinski definition) is 5. The fraction of sp³-hybridized carbons (Fsp3) is 0.350. The van der Waals surface area contributed by atoms with Gasteiger partial charge < -0.3 is 16.2 Å². The lowest BCUT2D eigenvalue weighted by Gasteiger charge is -2.42. The number of rotatable bonds is 5. The van der Waals surface area contributed by atoms with Crippen LogP contribution in [0.3, 0.4) is 0 Å². The number of aliphatic carboxylic acids is 1. The topological polar surface area (TPSA) is 125 Å². The fourth-order valence-electron chi connectivity index (χ4n) is 3.97. The molecule has 1 fully saturated rings. The molecule has 8 nitrogen and oxygen atoms in total. The smallest absolute Gasteiger partial charge is 0.324 e. The number of fused-ring (bicyclic) bond motifs is 1. The van der Waals surface area contributed by atoms with Crippen LogP contribution < -0.4 is 16.4 Å². The standard InChI is InChI=1S/C20H21ClN4O4S/c21-11-1-3-12(4-2-11)23-20(29)24-18-16(17(22)26)14-5-6-25(9-15(14)30-18)13-7-10(8-13)19(27)28/h1-4,10,13H,5-9H2,(H2,22,26)(H,27,28)(H2,23,24,29). The van der Waals surface area contributed by atoms with Gasteiger partial charge in [-0.15, -0.1) is 11.3 Å². The molecule has 2 aliphatic rings. The van der Waals surface area contributed by atoms with Crippen LogP contribution in [0.25, 0.3) is 0 Å². The Hall–Kier alpha value is -2.62. The number of urea groups is 1. The van der Waals surface area contributed by atoms with Crippen molar-refractivity contribution in [1.29, 1.82) is 0 Å². The van der Waals surface area contributed by atoms with Crippen LogP contribution in [-0.4, -0.2) is 40.5 Å². The van der Waals surface area contributed by atoms with Crippen molar-refractivity contribution in [3.8, 4) is 0 Å². The van der Waals surface area contributed by atoms with E-state index < -0.39 is 17.9 Å². The molecular formula is C20H21ClN4O4S. The van der Waals surface area contributed by atoms with Gasteiger partial charge in [0.25, 0.3) is 5.91 Å². The van der Waals surface area contributed by atoms with Crippen LogP contribution >= 0.6 is 22.9 Å². The van der Waals surface area contributed by atoms with Crippen molar-refractivity contribution in [3.05, 3.63) is 45.3 Å². The lowest BCUT2D eigenvalue weighted by atomic mass is 9.78. The number of primary amides is 1. The molecule has 1 aliphatic heterocycles. The van der Waals surface area contributed by atoms with E-state index in [2.05, 4.69) is 15.5 Å². The average molecular weight is 449 g/mol. The number of benzene rings is 1. The zero-order valence-corrected chi connectivity index (χ0v) is 17.6. The first-order chi connectivity index (χ1) is 14.3. The first-order valence-electron chi connectivity index (χ1n) is 9.56. The number of hydrogen-bond donors (Lipinski definition) is 4. The predicted molar refractivity (Wildman–Crippen MR) is 115 cm³/mol. The number of halogens is 1. The molecule has 4 rings (SSSR count). The van der Waals surface area contributed by atoms with E-state index in [0.717, 1.165) is 17.0 Å². The molecule has 0 atom stereocenters. The summed E-state index contributed by atoms with van der Waals surface area (Å²) in [5.41, 5.74) is 7.42. The summed E-state index contributed by atoms with van der Waals surface area (Å²) >= 11 is 7.20. The van der Waals surface area contributed by atoms with Crippen LogP contribution in [0, 0.1) is 5.92 Å². The number of nitrogens with zero attached hydrogens (tertiary/aromatic N) is 1. The third-order valence-corrected chi connectivity index (χ3v) is 7.02. The van der Waals surface area contributed by atoms with E-state index >= 15 is 0 Å². The van der Waals surface area contributed by atoms with Crippen LogP contribution in [0.15, 0.2) is 24.3 Å². The third kappa shape index (κ3) is 4.14. The maximum absolute atomic E-state index is 12.4. The van der Waals surface area contributed by atoms with Crippen molar-refractivity contribution < 1.29 is 19.5 Å². The van der Waals surface area contributed by atoms with Crippen LogP contribution in [0.1, 0.15) is 33.6 Å². The molecule has 10 heteroatoms. The Morgan fingerprint density at radius 3 is 2.50 bits per heavy atom. The van der Waals surface area contributed by atoms with E-state index in [4.69, 9.17) is 22.4 Å². The highest BCUT2D eigenvalue weighted by Gasteiger charge is 2.40. The highest BCUT2D eigenvalue weighted by Crippen LogP contribution is 2.40. The lowest BCUT2D eigenvalue weighted by molar-refractivity contribution is -0.147. The van der Waals surface area contributed by atoms with Crippen LogP contribution in [0.5, 0.6) is 0 Å². The minimum atomic E-state index is -0.741. The number of carbonyl (C=O) groups excluding carboxylic acids is 2. The van der Waals surface area contributed by atoms with Crippen LogP contribution in [-0.2, 0) is 17.8 Å². The lowest BCUT2D eigenvalue weighted by Crippen LogP contribution is -2.48. The van der Waals surface area contributed by atoms with Gasteiger partial charge in [0.15, 0.2) is 0 Å². The Labute approximate surface area is 182 Å². The highest BCUT2D eigenvalue weighted by molar-refractivity contribution is 7.17. The molecule has 158 valence electrons. The van der Waals surface area contributed by atoms with E-state index in [9.17, 15) is 14.4 Å². The van der Waals surface area contributed by atoms with Crippen molar-refractivity contribution in [3.63, 3.8) is 0 Å². The monoisotopic (exact) mass is 448 g/mol. The molecule has 0 bridgehead atoms. The number of nitrogens with one attached hydrogen (secondary N) is 2. The van der Waals surface area contributed by atoms with Crippen LogP contribution in [0.4, 0.5) is 15.5 Å².